The third-order valence-electron chi connectivity index (χ3n) is 3.31. The van der Waals surface area contributed by atoms with Crippen LogP contribution < -0.4 is 16.0 Å². The lowest BCUT2D eigenvalue weighted by Gasteiger charge is -2.16. The quantitative estimate of drug-likeness (QED) is 0.635. The van der Waals surface area contributed by atoms with E-state index in [0.717, 1.165) is 11.1 Å². The summed E-state index contributed by atoms with van der Waals surface area (Å²) in [7, 11) is 1.42. The molecule has 1 unspecified atom stereocenters. The number of nitrogens with one attached hydrogen (secondary N) is 1. The molecular weight excluding hydrogens is 274 g/mol. The number of halogens is 2. The molecule has 0 aliphatic carbocycles. The fourth-order valence-electron chi connectivity index (χ4n) is 2.26. The first-order valence-corrected chi connectivity index (χ1v) is 6.65. The Morgan fingerprint density at radius 2 is 1.81 bits per heavy atom. The van der Waals surface area contributed by atoms with Crippen molar-refractivity contribution in [2.45, 2.75) is 18.9 Å². The second-order valence-electron chi connectivity index (χ2n) is 4.87. The van der Waals surface area contributed by atoms with E-state index in [1.165, 1.54) is 25.3 Å². The molecule has 3 N–H and O–H groups in total. The molecule has 0 fully saturated rings. The minimum atomic E-state index is -0.406. The topological polar surface area (TPSA) is 47.3 Å². The smallest absolute Gasteiger partial charge is 0.165 e. The van der Waals surface area contributed by atoms with Crippen LogP contribution in [-0.4, -0.2) is 13.2 Å². The van der Waals surface area contributed by atoms with E-state index in [-0.39, 0.29) is 17.6 Å². The van der Waals surface area contributed by atoms with Gasteiger partial charge in [-0.25, -0.2) is 8.78 Å². The molecule has 0 heterocycles. The lowest BCUT2D eigenvalue weighted by Crippen LogP contribution is -2.38. The first kappa shape index (κ1) is 15.4. The number of ether oxygens (including phenoxy) is 1. The summed E-state index contributed by atoms with van der Waals surface area (Å²) in [5, 5.41) is 0. The van der Waals surface area contributed by atoms with Crippen molar-refractivity contribution in [3.05, 3.63) is 65.2 Å². The molecule has 21 heavy (non-hydrogen) atoms. The molecule has 0 bridgehead atoms. The zero-order valence-corrected chi connectivity index (χ0v) is 11.8. The van der Waals surface area contributed by atoms with Crippen LogP contribution in [0.5, 0.6) is 5.75 Å². The van der Waals surface area contributed by atoms with Crippen LogP contribution in [0.3, 0.4) is 0 Å². The number of hydrazine groups is 1. The summed E-state index contributed by atoms with van der Waals surface area (Å²) in [5.41, 5.74) is 4.33. The van der Waals surface area contributed by atoms with Gasteiger partial charge in [0.15, 0.2) is 11.6 Å². The number of rotatable bonds is 6. The summed E-state index contributed by atoms with van der Waals surface area (Å²) in [6, 6.07) is 11.0. The molecule has 0 aliphatic rings. The van der Waals surface area contributed by atoms with E-state index in [1.807, 2.05) is 6.07 Å². The van der Waals surface area contributed by atoms with Crippen LogP contribution in [-0.2, 0) is 12.8 Å². The molecule has 0 radical (unpaired) electrons. The van der Waals surface area contributed by atoms with Crippen LogP contribution in [0.15, 0.2) is 42.5 Å². The van der Waals surface area contributed by atoms with Crippen molar-refractivity contribution in [1.82, 2.24) is 5.43 Å². The van der Waals surface area contributed by atoms with Crippen molar-refractivity contribution in [2.24, 2.45) is 5.84 Å². The zero-order chi connectivity index (χ0) is 15.2. The van der Waals surface area contributed by atoms with Gasteiger partial charge in [-0.1, -0.05) is 18.2 Å². The van der Waals surface area contributed by atoms with Crippen molar-refractivity contribution in [2.75, 3.05) is 7.11 Å². The molecule has 0 aromatic heterocycles. The Hall–Kier alpha value is -1.98. The number of nitrogens with two attached hydrogens (primary N) is 1. The van der Waals surface area contributed by atoms with Crippen LogP contribution in [0.2, 0.25) is 0 Å². The molecule has 0 aliphatic heterocycles. The molecular formula is C16H18F2N2O. The van der Waals surface area contributed by atoms with E-state index in [9.17, 15) is 8.78 Å². The number of hydrogen-bond acceptors (Lipinski definition) is 3. The van der Waals surface area contributed by atoms with E-state index in [0.29, 0.717) is 12.8 Å². The van der Waals surface area contributed by atoms with Gasteiger partial charge >= 0.3 is 0 Å². The zero-order valence-electron chi connectivity index (χ0n) is 11.8. The van der Waals surface area contributed by atoms with Crippen molar-refractivity contribution in [3.8, 4) is 5.75 Å². The van der Waals surface area contributed by atoms with Gasteiger partial charge in [-0.3, -0.25) is 11.3 Å². The van der Waals surface area contributed by atoms with Crippen LogP contribution in [0.25, 0.3) is 0 Å². The van der Waals surface area contributed by atoms with Crippen LogP contribution >= 0.6 is 0 Å². The van der Waals surface area contributed by atoms with Crippen LogP contribution in [0, 0.1) is 11.6 Å². The largest absolute Gasteiger partial charge is 0.494 e. The molecule has 112 valence electrons. The van der Waals surface area contributed by atoms with Crippen molar-refractivity contribution in [3.63, 3.8) is 0 Å². The molecule has 0 saturated heterocycles. The predicted molar refractivity (Wildman–Crippen MR) is 77.9 cm³/mol. The Labute approximate surface area is 122 Å². The summed E-state index contributed by atoms with van der Waals surface area (Å²) in [6.45, 7) is 0. The van der Waals surface area contributed by atoms with Gasteiger partial charge in [0.25, 0.3) is 0 Å². The summed E-state index contributed by atoms with van der Waals surface area (Å²) in [5.74, 6) is 5.06. The minimum Gasteiger partial charge on any atom is -0.494 e. The van der Waals surface area contributed by atoms with E-state index in [2.05, 4.69) is 5.43 Å². The summed E-state index contributed by atoms with van der Waals surface area (Å²) < 4.78 is 31.7. The van der Waals surface area contributed by atoms with Gasteiger partial charge in [0, 0.05) is 6.04 Å². The summed E-state index contributed by atoms with van der Waals surface area (Å²) in [4.78, 5) is 0. The average molecular weight is 292 g/mol. The maximum Gasteiger partial charge on any atom is 0.165 e. The second kappa shape index (κ2) is 7.15. The normalized spacial score (nSPS) is 12.2. The highest BCUT2D eigenvalue weighted by Crippen LogP contribution is 2.19. The van der Waals surface area contributed by atoms with E-state index >= 15 is 0 Å². The maximum atomic E-state index is 13.7. The third-order valence-corrected chi connectivity index (χ3v) is 3.31. The Bertz CT molecular complexity index is 605. The highest BCUT2D eigenvalue weighted by atomic mass is 19.1. The third kappa shape index (κ3) is 4.24. The monoisotopic (exact) mass is 292 g/mol. The highest BCUT2D eigenvalue weighted by molar-refractivity contribution is 5.30. The molecule has 2 aromatic rings. The van der Waals surface area contributed by atoms with Gasteiger partial charge in [0.05, 0.1) is 7.11 Å². The van der Waals surface area contributed by atoms with Gasteiger partial charge in [-0.15, -0.1) is 0 Å². The summed E-state index contributed by atoms with van der Waals surface area (Å²) in [6.07, 6.45) is 1.09. The Morgan fingerprint density at radius 3 is 2.38 bits per heavy atom. The molecule has 2 aromatic carbocycles. The van der Waals surface area contributed by atoms with Crippen molar-refractivity contribution < 1.29 is 13.5 Å². The molecule has 1 atom stereocenters. The molecule has 3 nitrogen and oxygen atoms in total. The van der Waals surface area contributed by atoms with Crippen molar-refractivity contribution >= 4 is 0 Å². The summed E-state index contributed by atoms with van der Waals surface area (Å²) >= 11 is 0. The van der Waals surface area contributed by atoms with Gasteiger partial charge in [0.1, 0.15) is 5.82 Å². The Morgan fingerprint density at radius 1 is 1.10 bits per heavy atom. The maximum absolute atomic E-state index is 13.7. The number of methoxy groups -OCH3 is 1. The Balaban J connectivity index is 2.07. The molecule has 0 amide bonds. The van der Waals surface area contributed by atoms with Gasteiger partial charge < -0.3 is 4.74 Å². The van der Waals surface area contributed by atoms with E-state index < -0.39 is 5.82 Å². The van der Waals surface area contributed by atoms with E-state index in [1.54, 1.807) is 18.2 Å². The highest BCUT2D eigenvalue weighted by Gasteiger charge is 2.11. The first-order valence-electron chi connectivity index (χ1n) is 6.65. The van der Waals surface area contributed by atoms with Crippen LogP contribution in [0.1, 0.15) is 11.1 Å². The molecule has 0 spiro atoms. The second-order valence-corrected chi connectivity index (χ2v) is 4.87. The average Bonchev–Trinajstić information content (AvgIpc) is 2.47. The number of hydrogen-bond donors (Lipinski definition) is 2. The minimum absolute atomic E-state index is 0.111. The van der Waals surface area contributed by atoms with Gasteiger partial charge in [-0.2, -0.15) is 0 Å². The SMILES string of the molecule is COc1ccc(CC(Cc2cccc(F)c2)NN)cc1F. The number of benzene rings is 2. The standard InChI is InChI=1S/C16H18F2N2O/c1-21-16-6-5-12(10-15(16)18)9-14(20-19)8-11-3-2-4-13(17)7-11/h2-7,10,14,20H,8-9,19H2,1H3. The van der Waals surface area contributed by atoms with Gasteiger partial charge in [-0.05, 0) is 48.2 Å². The van der Waals surface area contributed by atoms with Gasteiger partial charge in [0.2, 0.25) is 0 Å². The Kier molecular flexibility index (Phi) is 5.25. The van der Waals surface area contributed by atoms with E-state index in [4.69, 9.17) is 10.6 Å². The van der Waals surface area contributed by atoms with Crippen LogP contribution in [0.4, 0.5) is 8.78 Å². The lowest BCUT2D eigenvalue weighted by atomic mass is 9.99. The fraction of sp³-hybridized carbons (Fsp3) is 0.250. The fourth-order valence-corrected chi connectivity index (χ4v) is 2.26. The van der Waals surface area contributed by atoms with Crippen molar-refractivity contribution in [1.29, 1.82) is 0 Å². The molecule has 2 rings (SSSR count). The molecule has 0 saturated carbocycles. The molecule has 5 heteroatoms. The first-order chi connectivity index (χ1) is 10.1. The lowest BCUT2D eigenvalue weighted by molar-refractivity contribution is 0.386. The predicted octanol–water partition coefficient (Wildman–Crippen LogP) is 2.59.